The predicted octanol–water partition coefficient (Wildman–Crippen LogP) is 4.93. The van der Waals surface area contributed by atoms with Crippen LogP contribution in [0.1, 0.15) is 34.9 Å². The third-order valence-electron chi connectivity index (χ3n) is 7.35. The first-order valence-corrected chi connectivity index (χ1v) is 14.9. The molecule has 0 aliphatic carbocycles. The van der Waals surface area contributed by atoms with Gasteiger partial charge in [-0.05, 0) is 23.6 Å². The van der Waals surface area contributed by atoms with Gasteiger partial charge in [0.2, 0.25) is 0 Å². The number of nitrogens with one attached hydrogen (secondary N) is 1. The number of H-pyrrole nitrogens is 1. The van der Waals surface area contributed by atoms with Gasteiger partial charge < -0.3 is 9.47 Å². The van der Waals surface area contributed by atoms with Gasteiger partial charge in [-0.15, -0.1) is 0 Å². The Labute approximate surface area is 243 Å². The number of aryl methyl sites for hydroxylation is 1. The standard InChI is InChI=1S/C31H33N2O8P/c1-22-20-33(30(35)32-29(22)34)28-19-26(41-42(36,37-2)38-3)27(40-28)21-39-31(23-13-7-4-8-14-23,24-15-9-5-10-16-24)25-17-11-6-12-18-25/h4-18,20,26-28H,19,21H2,1-3H3,(H,32,34,35)/t26-,27+,28+/m0/s1. The van der Waals surface area contributed by atoms with Crippen LogP contribution in [0.5, 0.6) is 0 Å². The third kappa shape index (κ3) is 5.96. The second kappa shape index (κ2) is 12.7. The second-order valence-corrected chi connectivity index (χ2v) is 11.7. The molecule has 1 saturated heterocycles. The highest BCUT2D eigenvalue weighted by atomic mass is 31.2. The smallest absolute Gasteiger partial charge is 0.358 e. The van der Waals surface area contributed by atoms with E-state index in [0.29, 0.717) is 5.56 Å². The summed E-state index contributed by atoms with van der Waals surface area (Å²) < 4.78 is 43.5. The Kier molecular flexibility index (Phi) is 9.03. The summed E-state index contributed by atoms with van der Waals surface area (Å²) in [4.78, 5) is 27.0. The molecule has 0 unspecified atom stereocenters. The van der Waals surface area contributed by atoms with Crippen molar-refractivity contribution in [1.82, 2.24) is 9.55 Å². The molecule has 4 aromatic rings. The van der Waals surface area contributed by atoms with Crippen LogP contribution < -0.4 is 11.2 Å². The molecular weight excluding hydrogens is 559 g/mol. The van der Waals surface area contributed by atoms with E-state index in [9.17, 15) is 14.2 Å². The van der Waals surface area contributed by atoms with Gasteiger partial charge in [0.05, 0.1) is 6.61 Å². The van der Waals surface area contributed by atoms with Crippen molar-refractivity contribution in [2.45, 2.75) is 37.4 Å². The van der Waals surface area contributed by atoms with E-state index in [2.05, 4.69) is 4.98 Å². The molecule has 42 heavy (non-hydrogen) atoms. The minimum atomic E-state index is -3.93. The quantitative estimate of drug-likeness (QED) is 0.193. The average Bonchev–Trinajstić information content (AvgIpc) is 3.42. The molecule has 220 valence electrons. The van der Waals surface area contributed by atoms with Crippen molar-refractivity contribution >= 4 is 7.82 Å². The van der Waals surface area contributed by atoms with Gasteiger partial charge in [0.1, 0.15) is 24.0 Å². The van der Waals surface area contributed by atoms with Crippen molar-refractivity contribution in [3.63, 3.8) is 0 Å². The van der Waals surface area contributed by atoms with Gasteiger partial charge in [-0.3, -0.25) is 27.9 Å². The number of aromatic amines is 1. The summed E-state index contributed by atoms with van der Waals surface area (Å²) in [5, 5.41) is 0. The average molecular weight is 593 g/mol. The maximum absolute atomic E-state index is 13.0. The second-order valence-electron chi connectivity index (χ2n) is 9.89. The van der Waals surface area contributed by atoms with Crippen LogP contribution in [0.2, 0.25) is 0 Å². The molecule has 0 saturated carbocycles. The van der Waals surface area contributed by atoms with Crippen molar-refractivity contribution in [1.29, 1.82) is 0 Å². The Hall–Kier alpha value is -3.63. The molecule has 1 aliphatic heterocycles. The fourth-order valence-corrected chi connectivity index (χ4v) is 6.11. The molecule has 0 radical (unpaired) electrons. The lowest BCUT2D eigenvalue weighted by atomic mass is 9.80. The Bertz CT molecular complexity index is 1540. The molecule has 0 bridgehead atoms. The minimum Gasteiger partial charge on any atom is -0.358 e. The van der Waals surface area contributed by atoms with E-state index in [-0.39, 0.29) is 13.0 Å². The Morgan fingerprint density at radius 2 is 1.38 bits per heavy atom. The molecule has 1 aliphatic rings. The summed E-state index contributed by atoms with van der Waals surface area (Å²) in [7, 11) is -1.48. The lowest BCUT2D eigenvalue weighted by molar-refractivity contribution is -0.0940. The maximum atomic E-state index is 13.0. The van der Waals surface area contributed by atoms with Crippen LogP contribution in [0, 0.1) is 6.92 Å². The van der Waals surface area contributed by atoms with Gasteiger partial charge >= 0.3 is 13.5 Å². The van der Waals surface area contributed by atoms with Crippen LogP contribution in [-0.4, -0.2) is 42.6 Å². The number of phosphoric acid groups is 1. The molecule has 11 heteroatoms. The molecule has 5 rings (SSSR count). The van der Waals surface area contributed by atoms with Crippen LogP contribution in [0.25, 0.3) is 0 Å². The molecule has 1 aromatic heterocycles. The van der Waals surface area contributed by atoms with Crippen molar-refractivity contribution in [3.05, 3.63) is 140 Å². The van der Waals surface area contributed by atoms with E-state index in [0.717, 1.165) is 16.7 Å². The number of hydrogen-bond acceptors (Lipinski definition) is 8. The van der Waals surface area contributed by atoms with Gasteiger partial charge in [-0.25, -0.2) is 9.36 Å². The van der Waals surface area contributed by atoms with E-state index in [4.69, 9.17) is 23.0 Å². The molecule has 1 fully saturated rings. The molecule has 2 heterocycles. The van der Waals surface area contributed by atoms with E-state index < -0.39 is 43.1 Å². The van der Waals surface area contributed by atoms with Crippen molar-refractivity contribution in [3.8, 4) is 0 Å². The van der Waals surface area contributed by atoms with Gasteiger partial charge in [0, 0.05) is 32.4 Å². The van der Waals surface area contributed by atoms with Crippen molar-refractivity contribution in [2.75, 3.05) is 20.8 Å². The lowest BCUT2D eigenvalue weighted by Crippen LogP contribution is -2.38. The predicted molar refractivity (Wildman–Crippen MR) is 156 cm³/mol. The molecule has 0 amide bonds. The van der Waals surface area contributed by atoms with E-state index in [1.54, 1.807) is 6.92 Å². The first-order valence-electron chi connectivity index (χ1n) is 13.5. The van der Waals surface area contributed by atoms with Gasteiger partial charge in [-0.1, -0.05) is 91.0 Å². The summed E-state index contributed by atoms with van der Waals surface area (Å²) in [6.07, 6.45) is -0.942. The lowest BCUT2D eigenvalue weighted by Gasteiger charge is -2.37. The first kappa shape index (κ1) is 29.8. The Morgan fingerprint density at radius 1 is 0.881 bits per heavy atom. The summed E-state index contributed by atoms with van der Waals surface area (Å²) in [5.74, 6) is 0. The summed E-state index contributed by atoms with van der Waals surface area (Å²) >= 11 is 0. The normalized spacial score (nSPS) is 19.2. The Balaban J connectivity index is 1.56. The highest BCUT2D eigenvalue weighted by molar-refractivity contribution is 7.48. The van der Waals surface area contributed by atoms with Crippen LogP contribution in [-0.2, 0) is 33.2 Å². The number of rotatable bonds is 11. The zero-order chi connectivity index (χ0) is 29.7. The molecular formula is C31H33N2O8P. The minimum absolute atomic E-state index is 0.0234. The fourth-order valence-electron chi connectivity index (χ4n) is 5.23. The third-order valence-corrected chi connectivity index (χ3v) is 8.78. The summed E-state index contributed by atoms with van der Waals surface area (Å²) in [6, 6.07) is 29.5. The highest BCUT2D eigenvalue weighted by Crippen LogP contribution is 2.52. The Morgan fingerprint density at radius 3 is 1.86 bits per heavy atom. The van der Waals surface area contributed by atoms with Gasteiger partial charge in [0.15, 0.2) is 0 Å². The zero-order valence-corrected chi connectivity index (χ0v) is 24.4. The SMILES string of the molecule is COP(=O)(OC)O[C@H]1C[C@H](n2cc(C)c(=O)[nH]c2=O)O[C@@H]1COC(c1ccccc1)(c1ccccc1)c1ccccc1. The largest absolute Gasteiger partial charge is 0.474 e. The van der Waals surface area contributed by atoms with Crippen LogP contribution in [0.15, 0.2) is 107 Å². The fraction of sp³-hybridized carbons (Fsp3) is 0.290. The monoisotopic (exact) mass is 592 g/mol. The number of hydrogen-bond donors (Lipinski definition) is 1. The molecule has 10 nitrogen and oxygen atoms in total. The summed E-state index contributed by atoms with van der Waals surface area (Å²) in [6.45, 7) is 1.57. The van der Waals surface area contributed by atoms with Gasteiger partial charge in [-0.2, -0.15) is 0 Å². The number of ether oxygens (including phenoxy) is 2. The van der Waals surface area contributed by atoms with Crippen LogP contribution in [0.3, 0.4) is 0 Å². The first-order chi connectivity index (χ1) is 20.3. The zero-order valence-electron chi connectivity index (χ0n) is 23.5. The molecule has 3 atom stereocenters. The van der Waals surface area contributed by atoms with Crippen molar-refractivity contribution < 1.29 is 27.6 Å². The molecule has 3 aromatic carbocycles. The summed E-state index contributed by atoms with van der Waals surface area (Å²) in [5.41, 5.74) is 0.844. The van der Waals surface area contributed by atoms with Crippen LogP contribution in [0.4, 0.5) is 0 Å². The highest BCUT2D eigenvalue weighted by Gasteiger charge is 2.45. The number of nitrogens with zero attached hydrogens (tertiary/aromatic N) is 1. The number of aromatic nitrogens is 2. The van der Waals surface area contributed by atoms with E-state index >= 15 is 0 Å². The topological polar surface area (TPSA) is 118 Å². The number of benzene rings is 3. The van der Waals surface area contributed by atoms with Crippen LogP contribution >= 0.6 is 7.82 Å². The van der Waals surface area contributed by atoms with Crippen molar-refractivity contribution in [2.24, 2.45) is 0 Å². The number of phosphoric ester groups is 1. The van der Waals surface area contributed by atoms with Gasteiger partial charge in [0.25, 0.3) is 5.56 Å². The molecule has 0 spiro atoms. The molecule has 1 N–H and O–H groups in total. The van der Waals surface area contributed by atoms with E-state index in [1.165, 1.54) is 25.0 Å². The maximum Gasteiger partial charge on any atom is 0.474 e. The van der Waals surface area contributed by atoms with E-state index in [1.807, 2.05) is 91.0 Å².